The second-order valence-electron chi connectivity index (χ2n) is 5.84. The zero-order valence-electron chi connectivity index (χ0n) is 13.8. The average Bonchev–Trinajstić information content (AvgIpc) is 2.61. The third-order valence-corrected chi connectivity index (χ3v) is 5.00. The molecule has 3 aromatic carbocycles. The number of aryl methyl sites for hydroxylation is 1. The lowest BCUT2D eigenvalue weighted by atomic mass is 10.1. The van der Waals surface area contributed by atoms with E-state index in [-0.39, 0.29) is 5.91 Å². The van der Waals surface area contributed by atoms with Crippen molar-refractivity contribution in [1.29, 1.82) is 0 Å². The molecule has 0 radical (unpaired) electrons. The molecule has 1 N–H and O–H groups in total. The first-order valence-corrected chi connectivity index (χ1v) is 9.18. The van der Waals surface area contributed by atoms with Crippen LogP contribution in [0.5, 0.6) is 0 Å². The molecule has 0 spiro atoms. The molecule has 0 aliphatic rings. The fourth-order valence-corrected chi connectivity index (χ4v) is 3.46. The van der Waals surface area contributed by atoms with Gasteiger partial charge in [0.25, 0.3) is 0 Å². The van der Waals surface area contributed by atoms with E-state index in [9.17, 15) is 4.79 Å². The zero-order chi connectivity index (χ0) is 16.8. The summed E-state index contributed by atoms with van der Waals surface area (Å²) in [5.74, 6) is 1.03. The van der Waals surface area contributed by atoms with Crippen LogP contribution in [-0.2, 0) is 4.79 Å². The van der Waals surface area contributed by atoms with Gasteiger partial charge < -0.3 is 5.32 Å². The van der Waals surface area contributed by atoms with E-state index in [4.69, 9.17) is 0 Å². The smallest absolute Gasteiger partial charge is 0.224 e. The highest BCUT2D eigenvalue weighted by Crippen LogP contribution is 2.23. The van der Waals surface area contributed by atoms with Crippen molar-refractivity contribution in [3.63, 3.8) is 0 Å². The lowest BCUT2D eigenvalue weighted by molar-refractivity contribution is -0.116. The number of carbonyl (C=O) groups excluding carboxylic acids is 1. The standard InChI is InChI=1S/C21H21NOS/c1-16-11-13-18(14-12-16)24-15-5-10-21(23)22-20-9-4-7-17-6-2-3-8-19(17)20/h2-4,6-9,11-14H,5,10,15H2,1H3,(H,22,23). The maximum Gasteiger partial charge on any atom is 0.224 e. The van der Waals surface area contributed by atoms with Gasteiger partial charge in [0.05, 0.1) is 0 Å². The number of benzene rings is 3. The van der Waals surface area contributed by atoms with Crippen LogP contribution < -0.4 is 5.32 Å². The lowest BCUT2D eigenvalue weighted by Crippen LogP contribution is -2.11. The molecule has 0 saturated heterocycles. The van der Waals surface area contributed by atoms with Crippen molar-refractivity contribution in [3.05, 3.63) is 72.3 Å². The Kier molecular flexibility index (Phi) is 5.55. The summed E-state index contributed by atoms with van der Waals surface area (Å²) in [5, 5.41) is 5.27. The van der Waals surface area contributed by atoms with Gasteiger partial charge >= 0.3 is 0 Å². The summed E-state index contributed by atoms with van der Waals surface area (Å²) in [6, 6.07) is 22.6. The van der Waals surface area contributed by atoms with Gasteiger partial charge in [0, 0.05) is 22.4 Å². The maximum atomic E-state index is 12.2. The van der Waals surface area contributed by atoms with Crippen LogP contribution in [0.1, 0.15) is 18.4 Å². The van der Waals surface area contributed by atoms with E-state index in [1.807, 2.05) is 30.3 Å². The summed E-state index contributed by atoms with van der Waals surface area (Å²) in [6.07, 6.45) is 1.41. The molecule has 0 saturated carbocycles. The number of fused-ring (bicyclic) bond motifs is 1. The van der Waals surface area contributed by atoms with Gasteiger partial charge in [-0.1, -0.05) is 54.1 Å². The quantitative estimate of drug-likeness (QED) is 0.465. The predicted molar refractivity (Wildman–Crippen MR) is 104 cm³/mol. The number of hydrogen-bond donors (Lipinski definition) is 1. The molecule has 0 atom stereocenters. The van der Waals surface area contributed by atoms with Gasteiger partial charge in [0.15, 0.2) is 0 Å². The van der Waals surface area contributed by atoms with Gasteiger partial charge in [-0.2, -0.15) is 0 Å². The van der Waals surface area contributed by atoms with Crippen LogP contribution in [0, 0.1) is 6.92 Å². The van der Waals surface area contributed by atoms with E-state index >= 15 is 0 Å². The molecule has 0 unspecified atom stereocenters. The number of rotatable bonds is 6. The maximum absolute atomic E-state index is 12.2. The molecule has 122 valence electrons. The topological polar surface area (TPSA) is 29.1 Å². The van der Waals surface area contributed by atoms with Crippen LogP contribution in [-0.4, -0.2) is 11.7 Å². The number of hydrogen-bond acceptors (Lipinski definition) is 2. The molecule has 0 aliphatic heterocycles. The second kappa shape index (κ2) is 8.02. The van der Waals surface area contributed by atoms with Crippen LogP contribution in [0.2, 0.25) is 0 Å². The molecule has 0 bridgehead atoms. The fraction of sp³-hybridized carbons (Fsp3) is 0.190. The number of nitrogens with one attached hydrogen (secondary N) is 1. The summed E-state index contributed by atoms with van der Waals surface area (Å²) < 4.78 is 0. The van der Waals surface area contributed by atoms with E-state index in [1.165, 1.54) is 10.5 Å². The summed E-state index contributed by atoms with van der Waals surface area (Å²) in [6.45, 7) is 2.09. The summed E-state index contributed by atoms with van der Waals surface area (Å²) >= 11 is 1.80. The van der Waals surface area contributed by atoms with Crippen LogP contribution in [0.4, 0.5) is 5.69 Å². The van der Waals surface area contributed by atoms with Gasteiger partial charge in [-0.3, -0.25) is 4.79 Å². The predicted octanol–water partition coefficient (Wildman–Crippen LogP) is 5.66. The summed E-state index contributed by atoms with van der Waals surface area (Å²) in [7, 11) is 0. The van der Waals surface area contributed by atoms with Crippen LogP contribution in [0.15, 0.2) is 71.6 Å². The van der Waals surface area contributed by atoms with E-state index < -0.39 is 0 Å². The third kappa shape index (κ3) is 4.39. The molecule has 3 aromatic rings. The Labute approximate surface area is 147 Å². The molecule has 3 heteroatoms. The first-order valence-electron chi connectivity index (χ1n) is 8.19. The minimum Gasteiger partial charge on any atom is -0.326 e. The molecule has 0 aromatic heterocycles. The van der Waals surface area contributed by atoms with Crippen molar-refractivity contribution >= 4 is 34.1 Å². The molecule has 0 heterocycles. The molecule has 24 heavy (non-hydrogen) atoms. The van der Waals surface area contributed by atoms with Crippen molar-refractivity contribution in [2.24, 2.45) is 0 Å². The zero-order valence-corrected chi connectivity index (χ0v) is 14.6. The molecule has 2 nitrogen and oxygen atoms in total. The monoisotopic (exact) mass is 335 g/mol. The number of carbonyl (C=O) groups is 1. The Morgan fingerprint density at radius 3 is 2.54 bits per heavy atom. The molecule has 0 fully saturated rings. The van der Waals surface area contributed by atoms with Crippen molar-refractivity contribution in [2.45, 2.75) is 24.7 Å². The summed E-state index contributed by atoms with van der Waals surface area (Å²) in [4.78, 5) is 13.5. The van der Waals surface area contributed by atoms with Gasteiger partial charge in [-0.25, -0.2) is 0 Å². The van der Waals surface area contributed by atoms with Gasteiger partial charge in [-0.15, -0.1) is 11.8 Å². The van der Waals surface area contributed by atoms with Crippen molar-refractivity contribution in [3.8, 4) is 0 Å². The van der Waals surface area contributed by atoms with Gasteiger partial charge in [0.1, 0.15) is 0 Å². The van der Waals surface area contributed by atoms with E-state index in [0.29, 0.717) is 6.42 Å². The highest BCUT2D eigenvalue weighted by molar-refractivity contribution is 7.99. The van der Waals surface area contributed by atoms with Gasteiger partial charge in [0.2, 0.25) is 5.91 Å². The first kappa shape index (κ1) is 16.6. The molecule has 0 aliphatic carbocycles. The van der Waals surface area contributed by atoms with Gasteiger partial charge in [-0.05, 0) is 42.7 Å². The van der Waals surface area contributed by atoms with Crippen molar-refractivity contribution in [1.82, 2.24) is 0 Å². The largest absolute Gasteiger partial charge is 0.326 e. The highest BCUT2D eigenvalue weighted by Gasteiger charge is 2.05. The molecular weight excluding hydrogens is 314 g/mol. The van der Waals surface area contributed by atoms with E-state index in [0.717, 1.165) is 28.6 Å². The van der Waals surface area contributed by atoms with E-state index in [1.54, 1.807) is 11.8 Å². The van der Waals surface area contributed by atoms with Crippen LogP contribution in [0.3, 0.4) is 0 Å². The van der Waals surface area contributed by atoms with Crippen LogP contribution in [0.25, 0.3) is 10.8 Å². The van der Waals surface area contributed by atoms with Crippen molar-refractivity contribution < 1.29 is 4.79 Å². The highest BCUT2D eigenvalue weighted by atomic mass is 32.2. The third-order valence-electron chi connectivity index (χ3n) is 3.90. The number of amides is 1. The Balaban J connectivity index is 1.49. The average molecular weight is 335 g/mol. The van der Waals surface area contributed by atoms with E-state index in [2.05, 4.69) is 48.6 Å². The second-order valence-corrected chi connectivity index (χ2v) is 7.01. The van der Waals surface area contributed by atoms with Crippen molar-refractivity contribution in [2.75, 3.05) is 11.1 Å². The Hall–Kier alpha value is -2.26. The normalized spacial score (nSPS) is 10.7. The fourth-order valence-electron chi connectivity index (χ4n) is 2.60. The Bertz CT molecular complexity index is 821. The molecule has 1 amide bonds. The number of anilines is 1. The Morgan fingerprint density at radius 2 is 1.71 bits per heavy atom. The first-order chi connectivity index (χ1) is 11.7. The Morgan fingerprint density at radius 1 is 0.958 bits per heavy atom. The lowest BCUT2D eigenvalue weighted by Gasteiger charge is -2.08. The minimum absolute atomic E-state index is 0.0795. The summed E-state index contributed by atoms with van der Waals surface area (Å²) in [5.41, 5.74) is 2.16. The molecule has 3 rings (SSSR count). The minimum atomic E-state index is 0.0795. The van der Waals surface area contributed by atoms with Crippen LogP contribution >= 0.6 is 11.8 Å². The SMILES string of the molecule is Cc1ccc(SCCCC(=O)Nc2cccc3ccccc23)cc1. The molecular formula is C21H21NOS. The number of thioether (sulfide) groups is 1.